The molecule has 1 aromatic rings. The molecule has 0 radical (unpaired) electrons. The van der Waals surface area contributed by atoms with Gasteiger partial charge in [0.1, 0.15) is 5.82 Å². The van der Waals surface area contributed by atoms with Crippen molar-refractivity contribution < 1.29 is 9.50 Å². The number of halogens is 1. The van der Waals surface area contributed by atoms with Crippen LogP contribution in [0.4, 0.5) is 10.1 Å². The molecule has 1 saturated carbocycles. The van der Waals surface area contributed by atoms with Crippen molar-refractivity contribution >= 4 is 5.69 Å². The molecule has 0 saturated heterocycles. The van der Waals surface area contributed by atoms with Crippen molar-refractivity contribution in [2.75, 3.05) is 24.6 Å². The molecule has 1 fully saturated rings. The maximum absolute atomic E-state index is 13.4. The molecule has 0 aliphatic heterocycles. The van der Waals surface area contributed by atoms with Gasteiger partial charge in [0, 0.05) is 24.8 Å². The lowest BCUT2D eigenvalue weighted by atomic mass is 10.1. The van der Waals surface area contributed by atoms with E-state index in [0.29, 0.717) is 19.1 Å². The number of rotatable bonds is 8. The molecule has 106 valence electrons. The summed E-state index contributed by atoms with van der Waals surface area (Å²) >= 11 is 0. The smallest absolute Gasteiger partial charge is 0.123 e. The van der Waals surface area contributed by atoms with Gasteiger partial charge in [0.25, 0.3) is 0 Å². The highest BCUT2D eigenvalue weighted by Crippen LogP contribution is 2.33. The van der Waals surface area contributed by atoms with Crippen molar-refractivity contribution in [3.8, 4) is 0 Å². The highest BCUT2D eigenvalue weighted by Gasteiger charge is 2.30. The number of nitrogens with one attached hydrogen (secondary N) is 1. The first-order chi connectivity index (χ1) is 9.26. The average Bonchev–Trinajstić information content (AvgIpc) is 3.21. The number of aliphatic hydroxyl groups is 1. The van der Waals surface area contributed by atoms with Crippen molar-refractivity contribution in [2.45, 2.75) is 38.8 Å². The molecule has 1 aliphatic rings. The third-order valence-corrected chi connectivity index (χ3v) is 3.42. The zero-order chi connectivity index (χ0) is 13.7. The van der Waals surface area contributed by atoms with Gasteiger partial charge in [-0.05, 0) is 49.6 Å². The maximum Gasteiger partial charge on any atom is 0.123 e. The van der Waals surface area contributed by atoms with E-state index >= 15 is 0 Å². The number of anilines is 1. The van der Waals surface area contributed by atoms with E-state index in [1.165, 1.54) is 18.9 Å². The van der Waals surface area contributed by atoms with Crippen LogP contribution in [0.25, 0.3) is 0 Å². The van der Waals surface area contributed by atoms with Gasteiger partial charge >= 0.3 is 0 Å². The van der Waals surface area contributed by atoms with Crippen LogP contribution in [0.2, 0.25) is 0 Å². The fourth-order valence-electron chi connectivity index (χ4n) is 2.37. The Morgan fingerprint density at radius 3 is 2.84 bits per heavy atom. The van der Waals surface area contributed by atoms with Crippen LogP contribution in [0.5, 0.6) is 0 Å². The van der Waals surface area contributed by atoms with Gasteiger partial charge in [-0.2, -0.15) is 0 Å². The van der Waals surface area contributed by atoms with E-state index < -0.39 is 0 Å². The van der Waals surface area contributed by atoms with Gasteiger partial charge in [0.05, 0.1) is 6.61 Å². The molecule has 2 N–H and O–H groups in total. The van der Waals surface area contributed by atoms with E-state index in [4.69, 9.17) is 0 Å². The molecule has 0 amide bonds. The lowest BCUT2D eigenvalue weighted by Gasteiger charge is -2.26. The zero-order valence-electron chi connectivity index (χ0n) is 11.5. The van der Waals surface area contributed by atoms with Gasteiger partial charge in [-0.15, -0.1) is 0 Å². The largest absolute Gasteiger partial charge is 0.395 e. The lowest BCUT2D eigenvalue weighted by molar-refractivity contribution is 0.301. The molecule has 0 heterocycles. The second kappa shape index (κ2) is 6.87. The first kappa shape index (κ1) is 14.3. The second-order valence-electron chi connectivity index (χ2n) is 5.10. The molecule has 1 aromatic carbocycles. The monoisotopic (exact) mass is 266 g/mol. The summed E-state index contributed by atoms with van der Waals surface area (Å²) in [5.74, 6) is -0.197. The standard InChI is InChI=1S/C15H23FN2O/c1-2-7-17-11-12-10-13(16)3-6-15(12)18(8-9-19)14-4-5-14/h3,6,10,14,17,19H,2,4-5,7-9,11H2,1H3. The Morgan fingerprint density at radius 1 is 1.42 bits per heavy atom. The van der Waals surface area contributed by atoms with Crippen LogP contribution >= 0.6 is 0 Å². The summed E-state index contributed by atoms with van der Waals surface area (Å²) in [6.45, 7) is 4.48. The van der Waals surface area contributed by atoms with Crippen LogP contribution in [-0.4, -0.2) is 30.8 Å². The van der Waals surface area contributed by atoms with Crippen molar-refractivity contribution in [3.63, 3.8) is 0 Å². The van der Waals surface area contributed by atoms with Gasteiger partial charge < -0.3 is 15.3 Å². The number of benzene rings is 1. The second-order valence-corrected chi connectivity index (χ2v) is 5.10. The van der Waals surface area contributed by atoms with Gasteiger partial charge in [0.15, 0.2) is 0 Å². The summed E-state index contributed by atoms with van der Waals surface area (Å²) in [5, 5.41) is 12.5. The summed E-state index contributed by atoms with van der Waals surface area (Å²) in [6.07, 6.45) is 3.39. The van der Waals surface area contributed by atoms with Crippen LogP contribution in [-0.2, 0) is 6.54 Å². The van der Waals surface area contributed by atoms with Crippen LogP contribution < -0.4 is 10.2 Å². The Kier molecular flexibility index (Phi) is 5.16. The van der Waals surface area contributed by atoms with Crippen molar-refractivity contribution in [1.29, 1.82) is 0 Å². The minimum absolute atomic E-state index is 0.135. The Hall–Kier alpha value is -1.13. The number of nitrogens with zero attached hydrogens (tertiary/aromatic N) is 1. The van der Waals surface area contributed by atoms with Gasteiger partial charge in [-0.1, -0.05) is 6.92 Å². The Morgan fingerprint density at radius 2 is 2.21 bits per heavy atom. The molecular weight excluding hydrogens is 243 g/mol. The highest BCUT2D eigenvalue weighted by molar-refractivity contribution is 5.55. The first-order valence-corrected chi connectivity index (χ1v) is 7.13. The molecule has 19 heavy (non-hydrogen) atoms. The maximum atomic E-state index is 13.4. The number of aliphatic hydroxyl groups excluding tert-OH is 1. The van der Waals surface area contributed by atoms with Crippen LogP contribution in [0.1, 0.15) is 31.7 Å². The van der Waals surface area contributed by atoms with E-state index in [9.17, 15) is 9.50 Å². The lowest BCUT2D eigenvalue weighted by Crippen LogP contribution is -2.30. The van der Waals surface area contributed by atoms with E-state index in [1.54, 1.807) is 6.07 Å². The topological polar surface area (TPSA) is 35.5 Å². The van der Waals surface area contributed by atoms with E-state index in [2.05, 4.69) is 17.1 Å². The number of hydrogen-bond acceptors (Lipinski definition) is 3. The summed E-state index contributed by atoms with van der Waals surface area (Å²) in [4.78, 5) is 2.21. The molecule has 0 bridgehead atoms. The molecule has 2 rings (SSSR count). The van der Waals surface area contributed by atoms with E-state index in [0.717, 1.165) is 24.2 Å². The van der Waals surface area contributed by atoms with Crippen molar-refractivity contribution in [1.82, 2.24) is 5.32 Å². The normalized spacial score (nSPS) is 14.7. The predicted octanol–water partition coefficient (Wildman–Crippen LogP) is 2.29. The molecule has 0 aromatic heterocycles. The van der Waals surface area contributed by atoms with E-state index in [-0.39, 0.29) is 12.4 Å². The fourth-order valence-corrected chi connectivity index (χ4v) is 2.37. The predicted molar refractivity (Wildman–Crippen MR) is 75.9 cm³/mol. The molecular formula is C15H23FN2O. The van der Waals surface area contributed by atoms with Crippen LogP contribution in [0, 0.1) is 5.82 Å². The third-order valence-electron chi connectivity index (χ3n) is 3.42. The molecule has 0 unspecified atom stereocenters. The van der Waals surface area contributed by atoms with Crippen molar-refractivity contribution in [2.24, 2.45) is 0 Å². The summed E-state index contributed by atoms with van der Waals surface area (Å²) in [5.41, 5.74) is 2.04. The van der Waals surface area contributed by atoms with Gasteiger partial charge in [-0.3, -0.25) is 0 Å². The molecule has 4 heteroatoms. The van der Waals surface area contributed by atoms with Crippen LogP contribution in [0.15, 0.2) is 18.2 Å². The minimum Gasteiger partial charge on any atom is -0.395 e. The van der Waals surface area contributed by atoms with Crippen molar-refractivity contribution in [3.05, 3.63) is 29.6 Å². The van der Waals surface area contributed by atoms with Gasteiger partial charge in [0.2, 0.25) is 0 Å². The Bertz CT molecular complexity index is 407. The fraction of sp³-hybridized carbons (Fsp3) is 0.600. The molecule has 0 atom stereocenters. The molecule has 1 aliphatic carbocycles. The first-order valence-electron chi connectivity index (χ1n) is 7.13. The van der Waals surface area contributed by atoms with Gasteiger partial charge in [-0.25, -0.2) is 4.39 Å². The van der Waals surface area contributed by atoms with E-state index in [1.807, 2.05) is 6.07 Å². The Labute approximate surface area is 114 Å². The quantitative estimate of drug-likeness (QED) is 0.709. The highest BCUT2D eigenvalue weighted by atomic mass is 19.1. The molecule has 0 spiro atoms. The zero-order valence-corrected chi connectivity index (χ0v) is 11.5. The third kappa shape index (κ3) is 3.91. The molecule has 3 nitrogen and oxygen atoms in total. The summed E-state index contributed by atoms with van der Waals surface area (Å²) in [6, 6.07) is 5.46. The minimum atomic E-state index is -0.197. The van der Waals surface area contributed by atoms with Crippen LogP contribution in [0.3, 0.4) is 0 Å². The SMILES string of the molecule is CCCNCc1cc(F)ccc1N(CCO)C1CC1. The summed E-state index contributed by atoms with van der Waals surface area (Å²) < 4.78 is 13.4. The summed E-state index contributed by atoms with van der Waals surface area (Å²) in [7, 11) is 0. The number of hydrogen-bond donors (Lipinski definition) is 2. The average molecular weight is 266 g/mol. The Balaban J connectivity index is 2.16.